The van der Waals surface area contributed by atoms with Crippen molar-refractivity contribution in [2.45, 2.75) is 75.4 Å². The van der Waals surface area contributed by atoms with E-state index in [1.54, 1.807) is 25.1 Å². The minimum Gasteiger partial charge on any atom is -0.465 e. The van der Waals surface area contributed by atoms with Gasteiger partial charge in [-0.3, -0.25) is 24.6 Å². The Morgan fingerprint density at radius 2 is 1.76 bits per heavy atom. The minimum atomic E-state index is -1.90. The van der Waals surface area contributed by atoms with Gasteiger partial charge in [0.25, 0.3) is 0 Å². The van der Waals surface area contributed by atoms with Crippen LogP contribution in [0.15, 0.2) is 67.3 Å². The minimum absolute atomic E-state index is 0.165. The number of aliphatic hydroxyl groups is 3. The molecule has 2 aromatic rings. The summed E-state index contributed by atoms with van der Waals surface area (Å²) in [5.74, 6) is -3.08. The molecule has 2 aliphatic heterocycles. The Bertz CT molecular complexity index is 1370. The second kappa shape index (κ2) is 16.4. The molecule has 1 amide bonds. The van der Waals surface area contributed by atoms with Crippen LogP contribution >= 0.6 is 0 Å². The SMILES string of the molecule is C=CCOC(=O)[C@H]1O[C@@H](OC(=O)CN2C(=O)[C@@H](N[C@@H](CCc3ccccc3)C(=O)OCC)CCc3ccccc32)[C@H](O)[C@@H](O)[C@@H]1O. The van der Waals surface area contributed by atoms with Gasteiger partial charge in [0.05, 0.1) is 12.6 Å². The van der Waals surface area contributed by atoms with Crippen LogP contribution in [0.1, 0.15) is 30.9 Å². The number of fused-ring (bicyclic) bond motifs is 1. The van der Waals surface area contributed by atoms with Crippen LogP contribution in [0.4, 0.5) is 5.69 Å². The lowest BCUT2D eigenvalue weighted by molar-refractivity contribution is -0.286. The zero-order valence-electron chi connectivity index (χ0n) is 25.5. The average molecular weight is 641 g/mol. The number of hydrogen-bond acceptors (Lipinski definition) is 12. The highest BCUT2D eigenvalue weighted by atomic mass is 16.7. The fraction of sp³-hybridized carbons (Fsp3) is 0.455. The standard InChI is InChI=1S/C33H40N2O11/c1-3-18-44-32(42)29-27(38)26(37)28(39)33(46-29)45-25(36)19-35-24-13-9-8-12-21(24)15-17-22(30(35)40)34-23(31(41)43-4-2)16-14-20-10-6-5-7-11-20/h3,5-13,22-23,26-29,33-34,37-39H,1,4,14-19H2,2H3/t22-,23-,26-,27-,28+,29-,33+/m0/s1. The number of nitrogens with zero attached hydrogens (tertiary/aromatic N) is 1. The summed E-state index contributed by atoms with van der Waals surface area (Å²) in [6, 6.07) is 14.9. The molecule has 1 saturated heterocycles. The molecule has 0 aromatic heterocycles. The van der Waals surface area contributed by atoms with E-state index < -0.39 is 73.1 Å². The maximum Gasteiger partial charge on any atom is 0.338 e. The number of aliphatic hydroxyl groups excluding tert-OH is 3. The molecule has 2 aliphatic rings. The third-order valence-electron chi connectivity index (χ3n) is 7.77. The Morgan fingerprint density at radius 1 is 1.04 bits per heavy atom. The molecule has 13 nitrogen and oxygen atoms in total. The predicted octanol–water partition coefficient (Wildman–Crippen LogP) is 0.569. The van der Waals surface area contributed by atoms with Crippen molar-refractivity contribution in [3.63, 3.8) is 0 Å². The molecular formula is C33H40N2O11. The number of nitrogens with one attached hydrogen (secondary N) is 1. The van der Waals surface area contributed by atoms with Crippen molar-refractivity contribution in [2.75, 3.05) is 24.7 Å². The number of anilines is 1. The number of amides is 1. The van der Waals surface area contributed by atoms with Gasteiger partial charge in [0.1, 0.15) is 37.5 Å². The summed E-state index contributed by atoms with van der Waals surface area (Å²) in [6.07, 6.45) is -6.30. The van der Waals surface area contributed by atoms with Gasteiger partial charge in [-0.05, 0) is 49.8 Å². The summed E-state index contributed by atoms with van der Waals surface area (Å²) in [5, 5.41) is 34.2. The number of benzene rings is 2. The Balaban J connectivity index is 1.51. The second-order valence-electron chi connectivity index (χ2n) is 10.9. The lowest BCUT2D eigenvalue weighted by Gasteiger charge is -2.38. The van der Waals surface area contributed by atoms with Crippen LogP contribution in [-0.4, -0.2) is 102 Å². The van der Waals surface area contributed by atoms with E-state index >= 15 is 0 Å². The van der Waals surface area contributed by atoms with Crippen molar-refractivity contribution in [2.24, 2.45) is 0 Å². The topological polar surface area (TPSA) is 181 Å². The van der Waals surface area contributed by atoms with E-state index in [2.05, 4.69) is 11.9 Å². The fourth-order valence-corrected chi connectivity index (χ4v) is 5.40. The number of rotatable bonds is 13. The maximum atomic E-state index is 14.0. The van der Waals surface area contributed by atoms with Crippen molar-refractivity contribution in [1.82, 2.24) is 5.32 Å². The summed E-state index contributed by atoms with van der Waals surface area (Å²) in [5.41, 5.74) is 2.25. The highest BCUT2D eigenvalue weighted by molar-refractivity contribution is 6.02. The lowest BCUT2D eigenvalue weighted by atomic mass is 9.99. The van der Waals surface area contributed by atoms with Crippen LogP contribution in [0.2, 0.25) is 0 Å². The average Bonchev–Trinajstić information content (AvgIpc) is 3.18. The molecule has 4 N–H and O–H groups in total. The Morgan fingerprint density at radius 3 is 2.48 bits per heavy atom. The van der Waals surface area contributed by atoms with Crippen molar-refractivity contribution in [3.05, 3.63) is 78.4 Å². The van der Waals surface area contributed by atoms with Crippen LogP contribution in [-0.2, 0) is 51.0 Å². The molecular weight excluding hydrogens is 600 g/mol. The summed E-state index contributed by atoms with van der Waals surface area (Å²) in [6.45, 7) is 4.46. The van der Waals surface area contributed by atoms with Crippen molar-refractivity contribution in [1.29, 1.82) is 0 Å². The van der Waals surface area contributed by atoms with Crippen LogP contribution < -0.4 is 10.2 Å². The molecule has 0 bridgehead atoms. The van der Waals surface area contributed by atoms with Gasteiger partial charge in [-0.1, -0.05) is 61.2 Å². The Hall–Kier alpha value is -4.14. The van der Waals surface area contributed by atoms with Crippen LogP contribution in [0, 0.1) is 0 Å². The van der Waals surface area contributed by atoms with Gasteiger partial charge in [-0.2, -0.15) is 0 Å². The Kier molecular flexibility index (Phi) is 12.4. The van der Waals surface area contributed by atoms with Crippen molar-refractivity contribution < 1.29 is 53.4 Å². The molecule has 13 heteroatoms. The zero-order chi connectivity index (χ0) is 33.2. The molecule has 0 saturated carbocycles. The first-order valence-electron chi connectivity index (χ1n) is 15.2. The first-order chi connectivity index (χ1) is 22.1. The lowest BCUT2D eigenvalue weighted by Crippen LogP contribution is -2.61. The van der Waals surface area contributed by atoms with Gasteiger partial charge in [-0.15, -0.1) is 0 Å². The third kappa shape index (κ3) is 8.56. The van der Waals surface area contributed by atoms with Gasteiger partial charge in [-0.25, -0.2) is 4.79 Å². The highest BCUT2D eigenvalue weighted by Crippen LogP contribution is 2.28. The van der Waals surface area contributed by atoms with Gasteiger partial charge in [0.15, 0.2) is 6.10 Å². The summed E-state index contributed by atoms with van der Waals surface area (Å²) >= 11 is 0. The summed E-state index contributed by atoms with van der Waals surface area (Å²) in [7, 11) is 0. The van der Waals surface area contributed by atoms with E-state index in [9.17, 15) is 34.5 Å². The van der Waals surface area contributed by atoms with Crippen molar-refractivity contribution >= 4 is 29.5 Å². The number of para-hydroxylation sites is 1. The van der Waals surface area contributed by atoms with Crippen LogP contribution in [0.5, 0.6) is 0 Å². The molecule has 1 fully saturated rings. The fourth-order valence-electron chi connectivity index (χ4n) is 5.40. The van der Waals surface area contributed by atoms with E-state index in [4.69, 9.17) is 18.9 Å². The number of esters is 3. The highest BCUT2D eigenvalue weighted by Gasteiger charge is 2.49. The quantitative estimate of drug-likeness (QED) is 0.136. The first-order valence-corrected chi connectivity index (χ1v) is 15.2. The Labute approximate surface area is 266 Å². The van der Waals surface area contributed by atoms with Crippen LogP contribution in [0.25, 0.3) is 0 Å². The van der Waals surface area contributed by atoms with Gasteiger partial charge in [0.2, 0.25) is 12.2 Å². The van der Waals surface area contributed by atoms with E-state index in [1.165, 1.54) is 11.0 Å². The largest absolute Gasteiger partial charge is 0.465 e. The molecule has 2 aromatic carbocycles. The molecule has 248 valence electrons. The molecule has 2 heterocycles. The summed E-state index contributed by atoms with van der Waals surface area (Å²) < 4.78 is 20.8. The van der Waals surface area contributed by atoms with E-state index in [-0.39, 0.29) is 13.2 Å². The number of aryl methyl sites for hydroxylation is 2. The number of hydrogen-bond donors (Lipinski definition) is 4. The monoisotopic (exact) mass is 640 g/mol. The number of ether oxygens (including phenoxy) is 4. The zero-order valence-corrected chi connectivity index (χ0v) is 25.5. The molecule has 0 aliphatic carbocycles. The third-order valence-corrected chi connectivity index (χ3v) is 7.77. The number of carbonyl (C=O) groups excluding carboxylic acids is 4. The van der Waals surface area contributed by atoms with E-state index in [0.29, 0.717) is 31.4 Å². The van der Waals surface area contributed by atoms with Gasteiger partial charge < -0.3 is 34.3 Å². The normalized spacial score (nSPS) is 25.0. The molecule has 7 atom stereocenters. The summed E-state index contributed by atoms with van der Waals surface area (Å²) in [4.78, 5) is 53.8. The molecule has 4 rings (SSSR count). The smallest absolute Gasteiger partial charge is 0.338 e. The van der Waals surface area contributed by atoms with E-state index in [1.807, 2.05) is 36.4 Å². The second-order valence-corrected chi connectivity index (χ2v) is 10.9. The predicted molar refractivity (Wildman–Crippen MR) is 163 cm³/mol. The van der Waals surface area contributed by atoms with Crippen LogP contribution in [0.3, 0.4) is 0 Å². The van der Waals surface area contributed by atoms with Gasteiger partial charge >= 0.3 is 17.9 Å². The molecule has 46 heavy (non-hydrogen) atoms. The first kappa shape index (κ1) is 34.7. The van der Waals surface area contributed by atoms with Crippen molar-refractivity contribution in [3.8, 4) is 0 Å². The molecule has 0 spiro atoms. The van der Waals surface area contributed by atoms with Gasteiger partial charge in [0, 0.05) is 5.69 Å². The molecule has 0 unspecified atom stereocenters. The maximum absolute atomic E-state index is 14.0. The van der Waals surface area contributed by atoms with E-state index in [0.717, 1.165) is 11.1 Å². The number of carbonyl (C=O) groups is 4. The molecule has 0 radical (unpaired) electrons.